The molecule has 9 rings (SSSR count). The molecule has 0 radical (unpaired) electrons. The molecule has 3 heteroatoms. The molecular formula is C34H25BN2. The molecule has 7 aromatic rings. The molecule has 4 heterocycles. The summed E-state index contributed by atoms with van der Waals surface area (Å²) in [5.74, 6) is 0. The number of fused-ring (bicyclic) bond motifs is 10. The maximum atomic E-state index is 2.66. The molecule has 174 valence electrons. The Hall–Kier alpha value is -4.24. The van der Waals surface area contributed by atoms with Crippen molar-refractivity contribution in [2.24, 2.45) is 0 Å². The van der Waals surface area contributed by atoms with Crippen LogP contribution in [0.2, 0.25) is 0 Å². The highest BCUT2D eigenvalue weighted by Crippen LogP contribution is 2.42. The quantitative estimate of drug-likeness (QED) is 0.241. The summed E-state index contributed by atoms with van der Waals surface area (Å²) >= 11 is 0. The molecular weight excluding hydrogens is 447 g/mol. The van der Waals surface area contributed by atoms with E-state index in [4.69, 9.17) is 0 Å². The molecule has 2 aliphatic heterocycles. The zero-order valence-corrected chi connectivity index (χ0v) is 20.8. The molecule has 0 saturated carbocycles. The summed E-state index contributed by atoms with van der Waals surface area (Å²) in [5.41, 5.74) is 13.7. The lowest BCUT2D eigenvalue weighted by atomic mass is 9.45. The Balaban J connectivity index is 1.48. The minimum atomic E-state index is 0.156. The molecule has 2 aromatic heterocycles. The van der Waals surface area contributed by atoms with Gasteiger partial charge in [-0.05, 0) is 59.2 Å². The summed E-state index contributed by atoms with van der Waals surface area (Å²) in [7, 11) is 0. The summed E-state index contributed by atoms with van der Waals surface area (Å²) in [6, 6.07) is 36.8. The van der Waals surface area contributed by atoms with Gasteiger partial charge >= 0.3 is 6.85 Å². The van der Waals surface area contributed by atoms with E-state index in [9.17, 15) is 0 Å². The third kappa shape index (κ3) is 2.34. The van der Waals surface area contributed by atoms with Crippen LogP contribution < -0.4 is 10.9 Å². The summed E-state index contributed by atoms with van der Waals surface area (Å²) in [5, 5.41) is 5.44. The Bertz CT molecular complexity index is 2090. The van der Waals surface area contributed by atoms with Crippen LogP contribution in [0.15, 0.2) is 97.1 Å². The first-order valence-electron chi connectivity index (χ1n) is 13.6. The fraction of sp³-hybridized carbons (Fsp3) is 0.118. The van der Waals surface area contributed by atoms with Crippen molar-refractivity contribution < 1.29 is 0 Å². The number of nitrogens with zero attached hydrogens (tertiary/aromatic N) is 2. The van der Waals surface area contributed by atoms with E-state index < -0.39 is 0 Å². The molecule has 0 unspecified atom stereocenters. The number of para-hydroxylation sites is 3. The highest BCUT2D eigenvalue weighted by atomic mass is 15.0. The number of aryl methyl sites for hydroxylation is 1. The first-order valence-corrected chi connectivity index (χ1v) is 13.6. The fourth-order valence-corrected chi connectivity index (χ4v) is 7.38. The minimum Gasteiger partial charge on any atom is -0.375 e. The molecule has 0 N–H and O–H groups in total. The number of hydrogen-bond donors (Lipinski definition) is 0. The molecule has 2 nitrogen and oxygen atoms in total. The number of hydrogen-bond acceptors (Lipinski definition) is 0. The smallest absolute Gasteiger partial charge is 0.333 e. The maximum Gasteiger partial charge on any atom is 0.333 e. The van der Waals surface area contributed by atoms with E-state index in [0.29, 0.717) is 0 Å². The van der Waals surface area contributed by atoms with Gasteiger partial charge in [0, 0.05) is 43.8 Å². The van der Waals surface area contributed by atoms with Crippen LogP contribution in [0.3, 0.4) is 0 Å². The third-order valence-corrected chi connectivity index (χ3v) is 8.87. The van der Waals surface area contributed by atoms with Gasteiger partial charge in [-0.2, -0.15) is 0 Å². The van der Waals surface area contributed by atoms with Gasteiger partial charge in [0.2, 0.25) is 0 Å². The van der Waals surface area contributed by atoms with E-state index in [1.165, 1.54) is 89.8 Å². The summed E-state index contributed by atoms with van der Waals surface area (Å²) in [6.07, 6.45) is 3.60. The second-order valence-electron chi connectivity index (χ2n) is 10.8. The lowest BCUT2D eigenvalue weighted by molar-refractivity contribution is 0.796. The zero-order valence-electron chi connectivity index (χ0n) is 20.8. The molecule has 37 heavy (non-hydrogen) atoms. The average Bonchev–Trinajstić information content (AvgIpc) is 3.46. The summed E-state index contributed by atoms with van der Waals surface area (Å²) in [4.78, 5) is 0. The first kappa shape index (κ1) is 19.9. The second kappa shape index (κ2) is 6.95. The molecule has 0 atom stereocenters. The Kier molecular flexibility index (Phi) is 3.74. The standard InChI is InChI=1S/C34H25BN2/c1-2-3-9-21-18-19-30-27(20-21)26-13-6-12-25-23-11-8-17-31-32(23)35(37(30)33(25)26)28-15-7-14-24-22-10-4-5-16-29(22)36(31)34(24)28/h4-8,10-20H,2-3,9H2,1H3. The van der Waals surface area contributed by atoms with Crippen LogP contribution in [0.5, 0.6) is 0 Å². The number of benzene rings is 5. The second-order valence-corrected chi connectivity index (χ2v) is 10.8. The van der Waals surface area contributed by atoms with Crippen molar-refractivity contribution in [3.63, 3.8) is 0 Å². The SMILES string of the molecule is CCCCc1ccc2c(c1)c1cccc3c1n2B1c2c-3cccc2-n2c3ccccc3c3cccc1c32. The van der Waals surface area contributed by atoms with Crippen LogP contribution in [0.25, 0.3) is 60.4 Å². The monoisotopic (exact) mass is 472 g/mol. The van der Waals surface area contributed by atoms with Crippen LogP contribution in [0, 0.1) is 0 Å². The van der Waals surface area contributed by atoms with Gasteiger partial charge in [-0.25, -0.2) is 0 Å². The Morgan fingerprint density at radius 2 is 1.43 bits per heavy atom. The minimum absolute atomic E-state index is 0.156. The van der Waals surface area contributed by atoms with Crippen molar-refractivity contribution in [3.05, 3.63) is 103 Å². The van der Waals surface area contributed by atoms with Crippen molar-refractivity contribution in [1.29, 1.82) is 0 Å². The Morgan fingerprint density at radius 3 is 2.35 bits per heavy atom. The van der Waals surface area contributed by atoms with Crippen LogP contribution in [-0.4, -0.2) is 15.9 Å². The first-order chi connectivity index (χ1) is 18.3. The van der Waals surface area contributed by atoms with Gasteiger partial charge in [-0.3, -0.25) is 0 Å². The van der Waals surface area contributed by atoms with Crippen molar-refractivity contribution in [2.75, 3.05) is 0 Å². The average molecular weight is 472 g/mol. The molecule has 5 aromatic carbocycles. The maximum absolute atomic E-state index is 2.66. The molecule has 0 amide bonds. The lowest BCUT2D eigenvalue weighted by Gasteiger charge is -2.33. The van der Waals surface area contributed by atoms with E-state index in [0.717, 1.165) is 6.42 Å². The third-order valence-electron chi connectivity index (χ3n) is 8.87. The van der Waals surface area contributed by atoms with Crippen LogP contribution >= 0.6 is 0 Å². The fourth-order valence-electron chi connectivity index (χ4n) is 7.38. The van der Waals surface area contributed by atoms with E-state index in [2.05, 4.69) is 113 Å². The zero-order chi connectivity index (χ0) is 24.2. The Morgan fingerprint density at radius 1 is 0.649 bits per heavy atom. The van der Waals surface area contributed by atoms with Gasteiger partial charge in [0.05, 0.1) is 11.0 Å². The molecule has 0 fully saturated rings. The summed E-state index contributed by atoms with van der Waals surface area (Å²) in [6.45, 7) is 2.43. The predicted molar refractivity (Wildman–Crippen MR) is 158 cm³/mol. The van der Waals surface area contributed by atoms with E-state index >= 15 is 0 Å². The van der Waals surface area contributed by atoms with Crippen LogP contribution in [-0.2, 0) is 6.42 Å². The molecule has 0 saturated heterocycles. The van der Waals surface area contributed by atoms with Crippen molar-refractivity contribution in [2.45, 2.75) is 26.2 Å². The molecule has 0 spiro atoms. The van der Waals surface area contributed by atoms with E-state index in [-0.39, 0.29) is 6.85 Å². The van der Waals surface area contributed by atoms with Gasteiger partial charge in [0.15, 0.2) is 0 Å². The van der Waals surface area contributed by atoms with Crippen LogP contribution in [0.1, 0.15) is 25.3 Å². The lowest BCUT2D eigenvalue weighted by Crippen LogP contribution is -2.55. The topological polar surface area (TPSA) is 9.86 Å². The largest absolute Gasteiger partial charge is 0.375 e. The summed E-state index contributed by atoms with van der Waals surface area (Å²) < 4.78 is 5.18. The molecule has 0 aliphatic carbocycles. The van der Waals surface area contributed by atoms with Crippen molar-refractivity contribution in [1.82, 2.24) is 9.05 Å². The highest BCUT2D eigenvalue weighted by Gasteiger charge is 2.40. The highest BCUT2D eigenvalue weighted by molar-refractivity contribution is 6.90. The number of rotatable bonds is 3. The predicted octanol–water partition coefficient (Wildman–Crippen LogP) is 7.18. The van der Waals surface area contributed by atoms with Crippen molar-refractivity contribution in [3.8, 4) is 16.8 Å². The number of unbranched alkanes of at least 4 members (excludes halogenated alkanes) is 1. The van der Waals surface area contributed by atoms with Gasteiger partial charge in [-0.15, -0.1) is 0 Å². The van der Waals surface area contributed by atoms with Gasteiger partial charge in [-0.1, -0.05) is 86.1 Å². The number of aromatic nitrogens is 2. The van der Waals surface area contributed by atoms with Crippen molar-refractivity contribution >= 4 is 61.4 Å². The van der Waals surface area contributed by atoms with E-state index in [1.807, 2.05) is 0 Å². The molecule has 2 aliphatic rings. The van der Waals surface area contributed by atoms with Crippen LogP contribution in [0.4, 0.5) is 0 Å². The van der Waals surface area contributed by atoms with Gasteiger partial charge < -0.3 is 9.05 Å². The van der Waals surface area contributed by atoms with Gasteiger partial charge in [0.25, 0.3) is 0 Å². The van der Waals surface area contributed by atoms with Gasteiger partial charge in [0.1, 0.15) is 0 Å². The Labute approximate surface area is 215 Å². The molecule has 0 bridgehead atoms. The normalized spacial score (nSPS) is 13.3. The van der Waals surface area contributed by atoms with E-state index in [1.54, 1.807) is 0 Å².